The van der Waals surface area contributed by atoms with Crippen molar-refractivity contribution in [2.45, 2.75) is 32.6 Å². The van der Waals surface area contributed by atoms with Gasteiger partial charge < -0.3 is 25.2 Å². The van der Waals surface area contributed by atoms with E-state index in [2.05, 4.69) is 23.8 Å². The van der Waals surface area contributed by atoms with Gasteiger partial charge in [0.2, 0.25) is 0 Å². The van der Waals surface area contributed by atoms with Crippen molar-refractivity contribution >= 4 is 34.9 Å². The van der Waals surface area contributed by atoms with E-state index < -0.39 is 17.7 Å². The highest BCUT2D eigenvalue weighted by Crippen LogP contribution is 2.40. The predicted octanol–water partition coefficient (Wildman–Crippen LogP) is 4.32. The third-order valence-corrected chi connectivity index (χ3v) is 6.10. The minimum Gasteiger partial charge on any atom is -0.507 e. The van der Waals surface area contributed by atoms with Gasteiger partial charge in [-0.1, -0.05) is 19.2 Å². The molecule has 0 aliphatic heterocycles. The molecule has 2 aromatic rings. The molecule has 0 radical (unpaired) electrons. The van der Waals surface area contributed by atoms with Crippen LogP contribution in [0.3, 0.4) is 0 Å². The van der Waals surface area contributed by atoms with Gasteiger partial charge >= 0.3 is 11.9 Å². The van der Waals surface area contributed by atoms with Gasteiger partial charge in [0.1, 0.15) is 5.75 Å². The van der Waals surface area contributed by atoms with Crippen LogP contribution >= 0.6 is 0 Å². The Hall–Kier alpha value is -4.40. The summed E-state index contributed by atoms with van der Waals surface area (Å²) in [5.74, 6) is -1.97. The van der Waals surface area contributed by atoms with E-state index in [1.165, 1.54) is 6.07 Å². The minimum absolute atomic E-state index is 0.00284. The van der Waals surface area contributed by atoms with Gasteiger partial charge in [-0.05, 0) is 56.4 Å². The minimum atomic E-state index is -0.481. The molecule has 0 spiro atoms. The Morgan fingerprint density at radius 1 is 0.763 bits per heavy atom. The molecule has 3 N–H and O–H groups in total. The van der Waals surface area contributed by atoms with E-state index in [4.69, 9.17) is 9.47 Å². The molecule has 38 heavy (non-hydrogen) atoms. The molecule has 9 heteroatoms. The van der Waals surface area contributed by atoms with Crippen LogP contribution in [0.5, 0.6) is 5.75 Å². The maximum absolute atomic E-state index is 13.7. The second kappa shape index (κ2) is 13.2. The molecule has 1 aliphatic carbocycles. The van der Waals surface area contributed by atoms with Gasteiger partial charge in [0.15, 0.2) is 11.6 Å². The summed E-state index contributed by atoms with van der Waals surface area (Å²) in [5.41, 5.74) is 2.24. The number of hydrogen-bond donors (Lipinski definition) is 3. The van der Waals surface area contributed by atoms with Crippen molar-refractivity contribution in [1.82, 2.24) is 0 Å². The molecular weight excluding hydrogens is 488 g/mol. The quantitative estimate of drug-likeness (QED) is 0.162. The van der Waals surface area contributed by atoms with E-state index in [0.29, 0.717) is 55.7 Å². The maximum atomic E-state index is 13.7. The van der Waals surface area contributed by atoms with Crippen molar-refractivity contribution in [1.29, 1.82) is 0 Å². The average molecular weight is 521 g/mol. The van der Waals surface area contributed by atoms with Crippen molar-refractivity contribution < 1.29 is 33.8 Å². The Labute approximate surface area is 221 Å². The number of benzene rings is 2. The number of hydrogen-bond acceptors (Lipinski definition) is 9. The average Bonchev–Trinajstić information content (AvgIpc) is 2.91. The summed E-state index contributed by atoms with van der Waals surface area (Å²) in [6.07, 6.45) is 4.74. The molecule has 0 aromatic heterocycles. The molecular formula is C29H32N2O7. The second-order valence-corrected chi connectivity index (χ2v) is 8.73. The molecule has 0 atom stereocenters. The predicted molar refractivity (Wildman–Crippen MR) is 144 cm³/mol. The Kier molecular flexibility index (Phi) is 9.81. The number of anilines is 2. The first-order valence-electron chi connectivity index (χ1n) is 12.4. The highest BCUT2D eigenvalue weighted by molar-refractivity contribution is 6.33. The van der Waals surface area contributed by atoms with Crippen LogP contribution in [0.25, 0.3) is 0 Å². The number of phenolic OH excluding ortho intramolecular Hbond substituents is 1. The number of carbonyl (C=O) groups is 4. The Balaban J connectivity index is 1.80. The topological polar surface area (TPSA) is 131 Å². The molecule has 0 amide bonds. The van der Waals surface area contributed by atoms with Crippen LogP contribution in [0.15, 0.2) is 49.6 Å². The summed E-state index contributed by atoms with van der Waals surface area (Å²) < 4.78 is 9.95. The molecule has 0 fully saturated rings. The zero-order valence-electron chi connectivity index (χ0n) is 21.4. The summed E-state index contributed by atoms with van der Waals surface area (Å²) in [6.45, 7) is 9.91. The van der Waals surface area contributed by atoms with Gasteiger partial charge in [-0.2, -0.15) is 0 Å². The Morgan fingerprint density at radius 3 is 1.71 bits per heavy atom. The lowest BCUT2D eigenvalue weighted by Gasteiger charge is -2.25. The molecule has 9 nitrogen and oxygen atoms in total. The number of esters is 2. The van der Waals surface area contributed by atoms with Gasteiger partial charge in [-0.3, -0.25) is 9.59 Å². The normalized spacial score (nSPS) is 11.7. The second-order valence-electron chi connectivity index (χ2n) is 8.73. The van der Waals surface area contributed by atoms with Crippen LogP contribution in [0.4, 0.5) is 11.4 Å². The number of phenols is 1. The SMILES string of the molecule is C=CC(=O)OCCCCNc1ccc(NCCCCOC(=O)C=C)c2c1C(=O)c1c(C)ccc(O)c1C2=O. The summed E-state index contributed by atoms with van der Waals surface area (Å²) in [6, 6.07) is 6.51. The fourth-order valence-corrected chi connectivity index (χ4v) is 4.20. The highest BCUT2D eigenvalue weighted by Gasteiger charge is 2.36. The van der Waals surface area contributed by atoms with Crippen molar-refractivity contribution in [2.75, 3.05) is 36.9 Å². The van der Waals surface area contributed by atoms with E-state index in [9.17, 15) is 24.3 Å². The number of aromatic hydroxyl groups is 1. The number of rotatable bonds is 14. The van der Waals surface area contributed by atoms with E-state index >= 15 is 0 Å². The third kappa shape index (κ3) is 6.47. The van der Waals surface area contributed by atoms with Gasteiger partial charge in [-0.25, -0.2) is 9.59 Å². The summed E-state index contributed by atoms with van der Waals surface area (Å²) in [4.78, 5) is 49.7. The molecule has 2 aromatic carbocycles. The lowest BCUT2D eigenvalue weighted by atomic mass is 9.80. The first-order valence-corrected chi connectivity index (χ1v) is 12.4. The monoisotopic (exact) mass is 520 g/mol. The molecule has 0 saturated heterocycles. The maximum Gasteiger partial charge on any atom is 0.330 e. The Bertz CT molecular complexity index is 1170. The van der Waals surface area contributed by atoms with Gasteiger partial charge in [-0.15, -0.1) is 0 Å². The van der Waals surface area contributed by atoms with Crippen molar-refractivity contribution in [3.63, 3.8) is 0 Å². The zero-order chi connectivity index (χ0) is 27.7. The molecule has 3 rings (SSSR count). The van der Waals surface area contributed by atoms with Crippen molar-refractivity contribution in [3.05, 3.63) is 77.4 Å². The molecule has 200 valence electrons. The van der Waals surface area contributed by atoms with Crippen molar-refractivity contribution in [3.8, 4) is 5.75 Å². The fourth-order valence-electron chi connectivity index (χ4n) is 4.20. The smallest absolute Gasteiger partial charge is 0.330 e. The molecule has 0 saturated carbocycles. The van der Waals surface area contributed by atoms with E-state index in [0.717, 1.165) is 12.2 Å². The number of fused-ring (bicyclic) bond motifs is 2. The van der Waals surface area contributed by atoms with Gasteiger partial charge in [0, 0.05) is 42.2 Å². The van der Waals surface area contributed by atoms with Crippen LogP contribution in [0.2, 0.25) is 0 Å². The third-order valence-electron chi connectivity index (χ3n) is 6.10. The zero-order valence-corrected chi connectivity index (χ0v) is 21.4. The number of nitrogens with one attached hydrogen (secondary N) is 2. The number of ketones is 2. The van der Waals surface area contributed by atoms with Crippen LogP contribution in [0, 0.1) is 6.92 Å². The standard InChI is InChI=1S/C29H32N2O7/c1-4-22(33)37-16-8-6-14-30-19-11-12-20(31-15-7-9-17-38-23(34)5-2)26-25(19)28(35)24-18(3)10-13-21(32)27(24)29(26)36/h4-5,10-13,30-32H,1-2,6-9,14-17H2,3H3. The van der Waals surface area contributed by atoms with Crippen molar-refractivity contribution in [2.24, 2.45) is 0 Å². The van der Waals surface area contributed by atoms with Crippen LogP contribution in [-0.4, -0.2) is 54.9 Å². The van der Waals surface area contributed by atoms with E-state index in [1.807, 2.05) is 0 Å². The number of aryl methyl sites for hydroxylation is 1. The lowest BCUT2D eigenvalue weighted by Crippen LogP contribution is -2.25. The molecule has 1 aliphatic rings. The van der Waals surface area contributed by atoms with Crippen LogP contribution in [-0.2, 0) is 19.1 Å². The summed E-state index contributed by atoms with van der Waals surface area (Å²) in [7, 11) is 0. The lowest BCUT2D eigenvalue weighted by molar-refractivity contribution is -0.138. The Morgan fingerprint density at radius 2 is 1.24 bits per heavy atom. The number of ether oxygens (including phenoxy) is 2. The fraction of sp³-hybridized carbons (Fsp3) is 0.310. The highest BCUT2D eigenvalue weighted by atomic mass is 16.5. The van der Waals surface area contributed by atoms with E-state index in [-0.39, 0.29) is 47.0 Å². The van der Waals surface area contributed by atoms with E-state index in [1.54, 1.807) is 25.1 Å². The van der Waals surface area contributed by atoms with Crippen LogP contribution in [0.1, 0.15) is 63.1 Å². The molecule has 0 heterocycles. The number of unbranched alkanes of at least 4 members (excludes halogenated alkanes) is 2. The molecule has 0 unspecified atom stereocenters. The summed E-state index contributed by atoms with van der Waals surface area (Å²) >= 11 is 0. The number of carbonyl (C=O) groups excluding carboxylic acids is 4. The largest absolute Gasteiger partial charge is 0.507 e. The summed E-state index contributed by atoms with van der Waals surface area (Å²) in [5, 5.41) is 16.9. The van der Waals surface area contributed by atoms with Crippen LogP contribution < -0.4 is 10.6 Å². The first-order chi connectivity index (χ1) is 18.3. The first kappa shape index (κ1) is 28.2. The molecule has 0 bridgehead atoms. The van der Waals surface area contributed by atoms with Gasteiger partial charge in [0.25, 0.3) is 0 Å². The van der Waals surface area contributed by atoms with Gasteiger partial charge in [0.05, 0.1) is 29.9 Å².